The van der Waals surface area contributed by atoms with Gasteiger partial charge in [-0.25, -0.2) is 0 Å². The fourth-order valence-corrected chi connectivity index (χ4v) is 4.88. The quantitative estimate of drug-likeness (QED) is 0.436. The van der Waals surface area contributed by atoms with Crippen molar-refractivity contribution in [2.24, 2.45) is 5.92 Å². The van der Waals surface area contributed by atoms with Crippen molar-refractivity contribution < 1.29 is 22.8 Å². The maximum absolute atomic E-state index is 14.2. The summed E-state index contributed by atoms with van der Waals surface area (Å²) in [5.41, 5.74) is 1.08. The Morgan fingerprint density at radius 2 is 1.71 bits per heavy atom. The molecule has 2 fully saturated rings. The van der Waals surface area contributed by atoms with Gasteiger partial charge in [0.1, 0.15) is 0 Å². The van der Waals surface area contributed by atoms with Crippen LogP contribution in [-0.2, 0) is 15.2 Å². The molecule has 1 saturated heterocycles. The molecule has 2 aromatic rings. The van der Waals surface area contributed by atoms with Crippen LogP contribution in [0.15, 0.2) is 42.5 Å². The lowest BCUT2D eigenvalue weighted by Crippen LogP contribution is -2.48. The van der Waals surface area contributed by atoms with Gasteiger partial charge in [-0.3, -0.25) is 15.1 Å². The maximum atomic E-state index is 14.2. The highest BCUT2D eigenvalue weighted by Gasteiger charge is 2.59. The van der Waals surface area contributed by atoms with Crippen molar-refractivity contribution in [3.8, 4) is 0 Å². The molecule has 2 heterocycles. The number of halogens is 6. The molecule has 5 rings (SSSR count). The fourth-order valence-electron chi connectivity index (χ4n) is 4.28. The topological polar surface area (TPSA) is 41.6 Å². The number of amides is 1. The van der Waals surface area contributed by atoms with Gasteiger partial charge in [0.15, 0.2) is 0 Å². The van der Waals surface area contributed by atoms with Crippen LogP contribution >= 0.6 is 34.8 Å². The van der Waals surface area contributed by atoms with Gasteiger partial charge in [0.25, 0.3) is 0 Å². The normalized spacial score (nSPS) is 22.9. The summed E-state index contributed by atoms with van der Waals surface area (Å²) in [5.74, 6) is 0.995. The highest BCUT2D eigenvalue weighted by Crippen LogP contribution is 2.49. The van der Waals surface area contributed by atoms with E-state index in [1.807, 2.05) is 17.0 Å². The summed E-state index contributed by atoms with van der Waals surface area (Å²) in [6.07, 6.45) is -0.905. The standard InChI is InChI=1S/C24H20Cl3F3N2O2/c25-18-8-17(9-19(26)22(18)27)23(24(28,29)30)10-20(31-34-23)15-5-3-14(4-6-15)16-11-32(12-16)21(33)7-13-1-2-13/h3-6,8-10,13,16,31H,1-2,7,11-12H2. The molecule has 1 atom stereocenters. The van der Waals surface area contributed by atoms with E-state index in [2.05, 4.69) is 5.48 Å². The van der Waals surface area contributed by atoms with Crippen LogP contribution in [0.3, 0.4) is 0 Å². The molecule has 34 heavy (non-hydrogen) atoms. The Morgan fingerprint density at radius 1 is 1.09 bits per heavy atom. The third-order valence-corrected chi connectivity index (χ3v) is 7.79. The number of rotatable bonds is 5. The summed E-state index contributed by atoms with van der Waals surface area (Å²) < 4.78 is 42.6. The number of hydroxylamine groups is 1. The monoisotopic (exact) mass is 530 g/mol. The number of nitrogens with zero attached hydrogens (tertiary/aromatic N) is 1. The molecule has 180 valence electrons. The lowest BCUT2D eigenvalue weighted by Gasteiger charge is -2.39. The Balaban J connectivity index is 1.35. The molecule has 2 aliphatic heterocycles. The molecule has 1 amide bonds. The van der Waals surface area contributed by atoms with Gasteiger partial charge in [-0.15, -0.1) is 0 Å². The van der Waals surface area contributed by atoms with Crippen LogP contribution in [0.1, 0.15) is 41.9 Å². The van der Waals surface area contributed by atoms with Gasteiger partial charge >= 0.3 is 6.18 Å². The predicted molar refractivity (Wildman–Crippen MR) is 125 cm³/mol. The third-order valence-electron chi connectivity index (χ3n) is 6.59. The van der Waals surface area contributed by atoms with E-state index >= 15 is 0 Å². The van der Waals surface area contributed by atoms with Crippen molar-refractivity contribution >= 4 is 46.4 Å². The molecule has 0 spiro atoms. The largest absolute Gasteiger partial charge is 0.428 e. The van der Waals surface area contributed by atoms with E-state index < -0.39 is 11.8 Å². The molecule has 0 radical (unpaired) electrons. The first-order chi connectivity index (χ1) is 16.1. The first-order valence-electron chi connectivity index (χ1n) is 10.8. The second-order valence-corrected chi connectivity index (χ2v) is 10.2. The average Bonchev–Trinajstić information content (AvgIpc) is 3.43. The third kappa shape index (κ3) is 4.28. The van der Waals surface area contributed by atoms with E-state index in [0.29, 0.717) is 31.0 Å². The Kier molecular flexibility index (Phi) is 6.04. The fraction of sp³-hybridized carbons (Fsp3) is 0.375. The van der Waals surface area contributed by atoms with E-state index in [1.54, 1.807) is 12.1 Å². The summed E-state index contributed by atoms with van der Waals surface area (Å²) in [7, 11) is 0. The first-order valence-corrected chi connectivity index (χ1v) is 12.0. The summed E-state index contributed by atoms with van der Waals surface area (Å²) in [5, 5.41) is -0.237. The van der Waals surface area contributed by atoms with E-state index in [4.69, 9.17) is 39.6 Å². The van der Waals surface area contributed by atoms with Crippen molar-refractivity contribution in [1.29, 1.82) is 0 Å². The van der Waals surface area contributed by atoms with E-state index in [0.717, 1.165) is 36.6 Å². The lowest BCUT2D eigenvalue weighted by atomic mass is 9.89. The number of alkyl halides is 3. The zero-order valence-corrected chi connectivity index (χ0v) is 20.0. The molecule has 4 nitrogen and oxygen atoms in total. The second kappa shape index (κ2) is 8.63. The van der Waals surface area contributed by atoms with Gasteiger partial charge in [0.2, 0.25) is 11.5 Å². The minimum atomic E-state index is -4.80. The summed E-state index contributed by atoms with van der Waals surface area (Å²) >= 11 is 17.9. The Labute approximate surface area is 209 Å². The highest BCUT2D eigenvalue weighted by molar-refractivity contribution is 6.48. The van der Waals surface area contributed by atoms with Gasteiger partial charge in [0, 0.05) is 31.0 Å². The van der Waals surface area contributed by atoms with Crippen LogP contribution in [0.5, 0.6) is 0 Å². The van der Waals surface area contributed by atoms with E-state index in [9.17, 15) is 18.0 Å². The molecule has 0 aromatic heterocycles. The molecule has 1 aliphatic carbocycles. The number of carbonyl (C=O) groups is 1. The predicted octanol–water partition coefficient (Wildman–Crippen LogP) is 6.71. The number of hydrogen-bond acceptors (Lipinski definition) is 3. The minimum absolute atomic E-state index is 0.0287. The summed E-state index contributed by atoms with van der Waals surface area (Å²) in [4.78, 5) is 19.2. The van der Waals surface area contributed by atoms with Crippen molar-refractivity contribution in [3.05, 3.63) is 74.2 Å². The molecule has 2 aromatic carbocycles. The van der Waals surface area contributed by atoms with Gasteiger partial charge in [0.05, 0.1) is 20.8 Å². The van der Waals surface area contributed by atoms with Gasteiger partial charge in [-0.2, -0.15) is 13.2 Å². The number of nitrogens with one attached hydrogen (secondary N) is 1. The van der Waals surface area contributed by atoms with Gasteiger partial charge in [-0.1, -0.05) is 59.1 Å². The van der Waals surface area contributed by atoms with Crippen molar-refractivity contribution in [1.82, 2.24) is 10.4 Å². The van der Waals surface area contributed by atoms with Crippen molar-refractivity contribution in [2.45, 2.75) is 37.0 Å². The maximum Gasteiger partial charge on any atom is 0.428 e. The number of benzene rings is 2. The molecule has 1 saturated carbocycles. The van der Waals surface area contributed by atoms with Gasteiger partial charge < -0.3 is 4.90 Å². The van der Waals surface area contributed by atoms with E-state index in [1.165, 1.54) is 0 Å². The van der Waals surface area contributed by atoms with Crippen LogP contribution in [0.2, 0.25) is 15.1 Å². The van der Waals surface area contributed by atoms with E-state index in [-0.39, 0.29) is 38.2 Å². The molecule has 10 heteroatoms. The molecule has 3 aliphatic rings. The smallest absolute Gasteiger partial charge is 0.341 e. The molecular weight excluding hydrogens is 512 g/mol. The van der Waals surface area contributed by atoms with Crippen LogP contribution in [0.4, 0.5) is 13.2 Å². The number of likely N-dealkylation sites (tertiary alicyclic amines) is 1. The Morgan fingerprint density at radius 3 is 2.26 bits per heavy atom. The summed E-state index contributed by atoms with van der Waals surface area (Å²) in [6, 6.07) is 9.41. The lowest BCUT2D eigenvalue weighted by molar-refractivity contribution is -0.269. The zero-order chi connectivity index (χ0) is 24.3. The SMILES string of the molecule is O=C(CC1CC1)N1CC(c2ccc(C3=CC(c4cc(Cl)c(Cl)c(Cl)c4)(C(F)(F)F)ON3)cc2)C1. The number of hydrogen-bond donors (Lipinski definition) is 1. The molecule has 1 N–H and O–H groups in total. The van der Waals surface area contributed by atoms with Crippen LogP contribution in [0.25, 0.3) is 5.70 Å². The zero-order valence-electron chi connectivity index (χ0n) is 17.8. The minimum Gasteiger partial charge on any atom is -0.341 e. The van der Waals surface area contributed by atoms with Crippen molar-refractivity contribution in [2.75, 3.05) is 13.1 Å². The van der Waals surface area contributed by atoms with Gasteiger partial charge in [-0.05, 0) is 48.1 Å². The molecular formula is C24H20Cl3F3N2O2. The Hall–Kier alpha value is -1.93. The van der Waals surface area contributed by atoms with Crippen LogP contribution < -0.4 is 5.48 Å². The Bertz CT molecular complexity index is 1140. The summed E-state index contributed by atoms with van der Waals surface area (Å²) in [6.45, 7) is 1.34. The molecule has 1 unspecified atom stereocenters. The number of carbonyl (C=O) groups excluding carboxylic acids is 1. The second-order valence-electron chi connectivity index (χ2n) is 9.01. The highest BCUT2D eigenvalue weighted by atomic mass is 35.5. The van der Waals surface area contributed by atoms with Crippen molar-refractivity contribution in [3.63, 3.8) is 0 Å². The molecule has 0 bridgehead atoms. The average molecular weight is 532 g/mol. The van der Waals surface area contributed by atoms with Crippen LogP contribution in [-0.4, -0.2) is 30.1 Å². The first kappa shape index (κ1) is 23.8. The van der Waals surface area contributed by atoms with Crippen LogP contribution in [0, 0.1) is 5.92 Å².